The van der Waals surface area contributed by atoms with Crippen LogP contribution in [0.5, 0.6) is 0 Å². The normalized spacial score (nSPS) is 12.1. The van der Waals surface area contributed by atoms with Crippen molar-refractivity contribution in [2.45, 2.75) is 12.6 Å². The third kappa shape index (κ3) is 4.12. The van der Waals surface area contributed by atoms with Crippen LogP contribution in [0.3, 0.4) is 0 Å². The van der Waals surface area contributed by atoms with Crippen LogP contribution in [0, 0.1) is 17.1 Å². The quantitative estimate of drug-likeness (QED) is 0.918. The highest BCUT2D eigenvalue weighted by molar-refractivity contribution is 5.32. The Bertz CT molecular complexity index is 634. The molecule has 0 spiro atoms. The van der Waals surface area contributed by atoms with Crippen LogP contribution < -0.4 is 0 Å². The lowest BCUT2D eigenvalue weighted by atomic mass is 10.1. The molecule has 0 saturated carbocycles. The number of aliphatic hydroxyl groups is 1. The smallest absolute Gasteiger partial charge is 0.127 e. The van der Waals surface area contributed by atoms with Gasteiger partial charge >= 0.3 is 0 Å². The lowest BCUT2D eigenvalue weighted by Gasteiger charge is -2.21. The largest absolute Gasteiger partial charge is 0.387 e. The number of rotatable bonds is 5. The van der Waals surface area contributed by atoms with E-state index < -0.39 is 6.10 Å². The molecule has 1 atom stereocenters. The Labute approximate surface area is 123 Å². The molecule has 2 rings (SSSR count). The summed E-state index contributed by atoms with van der Waals surface area (Å²) < 4.78 is 13.6. The lowest BCUT2D eigenvalue weighted by molar-refractivity contribution is 0.123. The number of hydrogen-bond acceptors (Lipinski definition) is 3. The summed E-state index contributed by atoms with van der Waals surface area (Å²) in [5.41, 5.74) is 1.91. The number of likely N-dealkylation sites (N-methyl/N-ethyl adjacent to an activating group) is 1. The van der Waals surface area contributed by atoms with Crippen LogP contribution in [0.15, 0.2) is 48.5 Å². The van der Waals surface area contributed by atoms with E-state index in [4.69, 9.17) is 5.26 Å². The fourth-order valence-corrected chi connectivity index (χ4v) is 2.16. The molecule has 2 aromatic carbocycles. The molecule has 0 amide bonds. The van der Waals surface area contributed by atoms with Crippen LogP contribution in [0.4, 0.5) is 4.39 Å². The Balaban J connectivity index is 1.97. The Morgan fingerprint density at radius 3 is 2.48 bits per heavy atom. The molecule has 0 radical (unpaired) electrons. The summed E-state index contributed by atoms with van der Waals surface area (Å²) in [5, 5.41) is 18.9. The Kier molecular flexibility index (Phi) is 5.04. The SMILES string of the molecule is CN(Cc1ccccc1F)CC(O)c1ccc(C#N)cc1. The molecule has 4 heteroatoms. The maximum atomic E-state index is 13.6. The summed E-state index contributed by atoms with van der Waals surface area (Å²) >= 11 is 0. The van der Waals surface area contributed by atoms with E-state index in [-0.39, 0.29) is 5.82 Å². The molecule has 1 unspecified atom stereocenters. The van der Waals surface area contributed by atoms with E-state index in [1.807, 2.05) is 18.0 Å². The van der Waals surface area contributed by atoms with Crippen LogP contribution in [-0.2, 0) is 6.54 Å². The minimum Gasteiger partial charge on any atom is -0.387 e. The van der Waals surface area contributed by atoms with E-state index in [0.717, 1.165) is 5.56 Å². The van der Waals surface area contributed by atoms with E-state index in [1.165, 1.54) is 6.07 Å². The second-order valence-electron chi connectivity index (χ2n) is 5.04. The number of halogens is 1. The average Bonchev–Trinajstić information content (AvgIpc) is 2.49. The van der Waals surface area contributed by atoms with Crippen LogP contribution >= 0.6 is 0 Å². The fraction of sp³-hybridized carbons (Fsp3) is 0.235. The molecule has 1 N–H and O–H groups in total. The van der Waals surface area contributed by atoms with Crippen LogP contribution in [-0.4, -0.2) is 23.6 Å². The molecule has 21 heavy (non-hydrogen) atoms. The highest BCUT2D eigenvalue weighted by Gasteiger charge is 2.12. The zero-order valence-electron chi connectivity index (χ0n) is 11.8. The average molecular weight is 284 g/mol. The Morgan fingerprint density at radius 1 is 1.19 bits per heavy atom. The molecule has 0 fully saturated rings. The summed E-state index contributed by atoms with van der Waals surface area (Å²) in [7, 11) is 1.83. The summed E-state index contributed by atoms with van der Waals surface area (Å²) in [5.74, 6) is -0.239. The van der Waals surface area contributed by atoms with Gasteiger partial charge in [-0.15, -0.1) is 0 Å². The second-order valence-corrected chi connectivity index (χ2v) is 5.04. The van der Waals surface area contributed by atoms with E-state index in [2.05, 4.69) is 0 Å². The van der Waals surface area contributed by atoms with Gasteiger partial charge in [-0.3, -0.25) is 4.90 Å². The van der Waals surface area contributed by atoms with Crippen molar-refractivity contribution in [1.82, 2.24) is 4.90 Å². The van der Waals surface area contributed by atoms with Crippen LogP contribution in [0.2, 0.25) is 0 Å². The van der Waals surface area contributed by atoms with Crippen molar-refractivity contribution < 1.29 is 9.50 Å². The number of aliphatic hydroxyl groups excluding tert-OH is 1. The Morgan fingerprint density at radius 2 is 1.86 bits per heavy atom. The van der Waals surface area contributed by atoms with Gasteiger partial charge in [0, 0.05) is 18.7 Å². The molecular formula is C17H17FN2O. The molecule has 3 nitrogen and oxygen atoms in total. The molecule has 2 aromatic rings. The monoisotopic (exact) mass is 284 g/mol. The number of hydrogen-bond donors (Lipinski definition) is 1. The highest BCUT2D eigenvalue weighted by atomic mass is 19.1. The van der Waals surface area contributed by atoms with Gasteiger partial charge in [0.1, 0.15) is 5.82 Å². The molecular weight excluding hydrogens is 267 g/mol. The molecule has 0 saturated heterocycles. The first-order valence-electron chi connectivity index (χ1n) is 6.70. The van der Waals surface area contributed by atoms with Crippen molar-refractivity contribution in [2.75, 3.05) is 13.6 Å². The molecule has 0 aliphatic carbocycles. The number of nitrogens with zero attached hydrogens (tertiary/aromatic N) is 2. The van der Waals surface area contributed by atoms with Gasteiger partial charge in [-0.25, -0.2) is 4.39 Å². The third-order valence-corrected chi connectivity index (χ3v) is 3.31. The number of benzene rings is 2. The van der Waals surface area contributed by atoms with Gasteiger partial charge in [-0.2, -0.15) is 5.26 Å². The maximum Gasteiger partial charge on any atom is 0.127 e. The van der Waals surface area contributed by atoms with Gasteiger partial charge in [0.15, 0.2) is 0 Å². The first-order valence-corrected chi connectivity index (χ1v) is 6.70. The highest BCUT2D eigenvalue weighted by Crippen LogP contribution is 2.16. The number of nitriles is 1. The topological polar surface area (TPSA) is 47.3 Å². The minimum atomic E-state index is -0.672. The van der Waals surface area contributed by atoms with E-state index in [0.29, 0.717) is 24.2 Å². The van der Waals surface area contributed by atoms with E-state index in [1.54, 1.807) is 42.5 Å². The summed E-state index contributed by atoms with van der Waals surface area (Å²) in [6.45, 7) is 0.820. The Hall–Kier alpha value is -2.22. The second kappa shape index (κ2) is 6.98. The predicted octanol–water partition coefficient (Wildman–Crippen LogP) is 2.86. The molecule has 108 valence electrons. The van der Waals surface area contributed by atoms with Gasteiger partial charge in [0.05, 0.1) is 17.7 Å². The van der Waals surface area contributed by atoms with Gasteiger partial charge in [-0.05, 0) is 30.8 Å². The van der Waals surface area contributed by atoms with Crippen LogP contribution in [0.1, 0.15) is 22.8 Å². The zero-order chi connectivity index (χ0) is 15.2. The minimum absolute atomic E-state index is 0.239. The van der Waals surface area contributed by atoms with Crippen molar-refractivity contribution in [3.05, 3.63) is 71.0 Å². The van der Waals surface area contributed by atoms with Gasteiger partial charge in [0.2, 0.25) is 0 Å². The zero-order valence-corrected chi connectivity index (χ0v) is 11.8. The van der Waals surface area contributed by atoms with Gasteiger partial charge < -0.3 is 5.11 Å². The van der Waals surface area contributed by atoms with E-state index in [9.17, 15) is 9.50 Å². The molecule has 0 aromatic heterocycles. The summed E-state index contributed by atoms with van der Waals surface area (Å²) in [6, 6.07) is 15.5. The molecule has 0 aliphatic heterocycles. The van der Waals surface area contributed by atoms with Crippen molar-refractivity contribution >= 4 is 0 Å². The first kappa shape index (κ1) is 15.2. The van der Waals surface area contributed by atoms with E-state index >= 15 is 0 Å². The van der Waals surface area contributed by atoms with Crippen LogP contribution in [0.25, 0.3) is 0 Å². The van der Waals surface area contributed by atoms with Crippen molar-refractivity contribution in [3.8, 4) is 6.07 Å². The molecule has 0 aliphatic rings. The van der Waals surface area contributed by atoms with Crippen molar-refractivity contribution in [1.29, 1.82) is 5.26 Å². The lowest BCUT2D eigenvalue weighted by Crippen LogP contribution is -2.24. The van der Waals surface area contributed by atoms with Crippen molar-refractivity contribution in [2.24, 2.45) is 0 Å². The third-order valence-electron chi connectivity index (χ3n) is 3.31. The van der Waals surface area contributed by atoms with Gasteiger partial charge in [-0.1, -0.05) is 30.3 Å². The van der Waals surface area contributed by atoms with Crippen molar-refractivity contribution in [3.63, 3.8) is 0 Å². The first-order chi connectivity index (χ1) is 10.1. The maximum absolute atomic E-state index is 13.6. The summed E-state index contributed by atoms with van der Waals surface area (Å²) in [4.78, 5) is 1.86. The van der Waals surface area contributed by atoms with Gasteiger partial charge in [0.25, 0.3) is 0 Å². The molecule has 0 bridgehead atoms. The molecule has 0 heterocycles. The predicted molar refractivity (Wildman–Crippen MR) is 78.9 cm³/mol. The summed E-state index contributed by atoms with van der Waals surface area (Å²) in [6.07, 6.45) is -0.672. The fourth-order valence-electron chi connectivity index (χ4n) is 2.16. The standard InChI is InChI=1S/C17H17FN2O/c1-20(11-15-4-2-3-5-16(15)18)12-17(21)14-8-6-13(10-19)7-9-14/h2-9,17,21H,11-12H2,1H3.